The summed E-state index contributed by atoms with van der Waals surface area (Å²) in [4.78, 5) is 53.0. The van der Waals surface area contributed by atoms with Gasteiger partial charge >= 0.3 is 0 Å². The highest BCUT2D eigenvalue weighted by Crippen LogP contribution is 2.31. The van der Waals surface area contributed by atoms with E-state index in [4.69, 9.17) is 10.2 Å². The van der Waals surface area contributed by atoms with Crippen LogP contribution in [0.4, 0.5) is 5.69 Å². The standard InChI is InChI=1S/C33H46N4O14/c38-15-21(40)26(44)28(46)30(48)32(50)35-9-4-12-37(14-11-36-33(51)31(49)29(47)27(45)22(41)16-39)13-10-34-20-8-3-7-19-23(20)25(43)18-6-2-1-5-17(18)24(19)42/h1-3,5-8,21-22,26-31,34,38-41,44-49H,4,9-16H2,(H,35,50)(H,36,51)/t21-,22-,26-,27-,28-,29-,30-,31-/m1/s1. The molecule has 1 aliphatic rings. The molecule has 282 valence electrons. The number of fused-ring (bicyclic) bond motifs is 2. The minimum atomic E-state index is -2.14. The zero-order chi connectivity index (χ0) is 37.8. The summed E-state index contributed by atoms with van der Waals surface area (Å²) >= 11 is 0. The van der Waals surface area contributed by atoms with Gasteiger partial charge in [0.2, 0.25) is 0 Å². The van der Waals surface area contributed by atoms with Crippen LogP contribution in [0, 0.1) is 0 Å². The molecule has 0 fully saturated rings. The number of nitrogens with zero attached hydrogens (tertiary/aromatic N) is 1. The maximum absolute atomic E-state index is 13.4. The van der Waals surface area contributed by atoms with Crippen LogP contribution in [-0.4, -0.2) is 181 Å². The molecule has 2 amide bonds. The Morgan fingerprint density at radius 2 is 1.08 bits per heavy atom. The van der Waals surface area contributed by atoms with E-state index < -0.39 is 73.9 Å². The fourth-order valence-corrected chi connectivity index (χ4v) is 5.39. The minimum Gasteiger partial charge on any atom is -0.394 e. The van der Waals surface area contributed by atoms with Gasteiger partial charge in [-0.25, -0.2) is 0 Å². The monoisotopic (exact) mass is 722 g/mol. The molecule has 8 atom stereocenters. The lowest BCUT2D eigenvalue weighted by molar-refractivity contribution is -0.149. The minimum absolute atomic E-state index is 0.0320. The van der Waals surface area contributed by atoms with Gasteiger partial charge in [-0.15, -0.1) is 0 Å². The Morgan fingerprint density at radius 3 is 1.63 bits per heavy atom. The molecule has 0 aromatic heterocycles. The van der Waals surface area contributed by atoms with Crippen molar-refractivity contribution >= 4 is 29.1 Å². The molecule has 0 spiro atoms. The largest absolute Gasteiger partial charge is 0.394 e. The lowest BCUT2D eigenvalue weighted by Crippen LogP contribution is -2.52. The molecule has 18 heteroatoms. The maximum atomic E-state index is 13.4. The Labute approximate surface area is 292 Å². The lowest BCUT2D eigenvalue weighted by Gasteiger charge is -2.27. The number of ketones is 2. The molecular formula is C33H46N4O14. The van der Waals surface area contributed by atoms with Gasteiger partial charge in [0.15, 0.2) is 23.8 Å². The first-order valence-corrected chi connectivity index (χ1v) is 16.2. The molecule has 51 heavy (non-hydrogen) atoms. The highest BCUT2D eigenvalue weighted by Gasteiger charge is 2.35. The second-order valence-electron chi connectivity index (χ2n) is 12.0. The van der Waals surface area contributed by atoms with Gasteiger partial charge in [0.1, 0.15) is 36.6 Å². The lowest BCUT2D eigenvalue weighted by atomic mass is 9.83. The fraction of sp³-hybridized carbons (Fsp3) is 0.515. The summed E-state index contributed by atoms with van der Waals surface area (Å²) in [6.45, 7) is -1.07. The van der Waals surface area contributed by atoms with Crippen LogP contribution in [-0.2, 0) is 9.59 Å². The van der Waals surface area contributed by atoms with Crippen LogP contribution in [0.2, 0.25) is 0 Å². The van der Waals surface area contributed by atoms with E-state index in [-0.39, 0.29) is 73.9 Å². The summed E-state index contributed by atoms with van der Waals surface area (Å²) in [5.74, 6) is -2.73. The molecule has 0 radical (unpaired) electrons. The van der Waals surface area contributed by atoms with E-state index in [1.54, 1.807) is 47.4 Å². The number of carbonyl (C=O) groups is 4. The number of aliphatic hydroxyl groups excluding tert-OH is 10. The van der Waals surface area contributed by atoms with E-state index in [0.29, 0.717) is 11.3 Å². The van der Waals surface area contributed by atoms with Gasteiger partial charge in [-0.1, -0.05) is 36.4 Å². The van der Waals surface area contributed by atoms with E-state index in [1.165, 1.54) is 0 Å². The Hall–Kier alpha value is -3.92. The summed E-state index contributed by atoms with van der Waals surface area (Å²) in [5, 5.41) is 104. The average molecular weight is 723 g/mol. The quantitative estimate of drug-likeness (QED) is 0.0457. The van der Waals surface area contributed by atoms with Crippen LogP contribution in [0.25, 0.3) is 0 Å². The smallest absolute Gasteiger partial charge is 0.251 e. The predicted octanol–water partition coefficient (Wildman–Crippen LogP) is -5.33. The first kappa shape index (κ1) is 41.5. The van der Waals surface area contributed by atoms with Crippen LogP contribution in [0.15, 0.2) is 42.5 Å². The summed E-state index contributed by atoms with van der Waals surface area (Å²) in [6, 6.07) is 11.4. The molecule has 2 aromatic carbocycles. The molecule has 0 saturated heterocycles. The number of benzene rings is 2. The van der Waals surface area contributed by atoms with Crippen LogP contribution in [0.3, 0.4) is 0 Å². The Balaban J connectivity index is 1.63. The van der Waals surface area contributed by atoms with Crippen LogP contribution >= 0.6 is 0 Å². The summed E-state index contributed by atoms with van der Waals surface area (Å²) in [6.07, 6.45) is -15.8. The first-order chi connectivity index (χ1) is 24.2. The Bertz CT molecular complexity index is 1500. The zero-order valence-electron chi connectivity index (χ0n) is 27.6. The number of amides is 2. The first-order valence-electron chi connectivity index (χ1n) is 16.2. The van der Waals surface area contributed by atoms with Crippen molar-refractivity contribution in [2.75, 3.05) is 57.8 Å². The molecule has 0 aliphatic heterocycles. The number of hydrogen-bond donors (Lipinski definition) is 13. The molecule has 0 saturated carbocycles. The van der Waals surface area contributed by atoms with E-state index in [2.05, 4.69) is 16.0 Å². The molecule has 2 aromatic rings. The number of nitrogens with one attached hydrogen (secondary N) is 3. The fourth-order valence-electron chi connectivity index (χ4n) is 5.39. The highest BCUT2D eigenvalue weighted by atomic mass is 16.4. The molecule has 0 unspecified atom stereocenters. The Morgan fingerprint density at radius 1 is 0.588 bits per heavy atom. The number of carbonyl (C=O) groups excluding carboxylic acids is 4. The average Bonchev–Trinajstić information content (AvgIpc) is 3.15. The van der Waals surface area contributed by atoms with Gasteiger partial charge in [-0.05, 0) is 19.0 Å². The van der Waals surface area contributed by atoms with Gasteiger partial charge in [0.05, 0.1) is 18.8 Å². The predicted molar refractivity (Wildman–Crippen MR) is 178 cm³/mol. The van der Waals surface area contributed by atoms with Crippen molar-refractivity contribution in [3.8, 4) is 0 Å². The van der Waals surface area contributed by atoms with Crippen molar-refractivity contribution in [2.24, 2.45) is 0 Å². The molecule has 18 nitrogen and oxygen atoms in total. The molecule has 0 bridgehead atoms. The van der Waals surface area contributed by atoms with Crippen LogP contribution < -0.4 is 16.0 Å². The van der Waals surface area contributed by atoms with Crippen molar-refractivity contribution < 1.29 is 70.2 Å². The number of rotatable bonds is 21. The van der Waals surface area contributed by atoms with Gasteiger partial charge in [-0.2, -0.15) is 0 Å². The SMILES string of the molecule is O=C1c2ccccc2C(=O)c2c(NCCN(CCCNC(=O)[C@H](O)[C@H](O)[C@H](O)[C@H](O)CO)CCNC(=O)[C@H](O)[C@H](O)[C@H](O)[C@H](O)CO)cccc21. The summed E-state index contributed by atoms with van der Waals surface area (Å²) in [7, 11) is 0. The maximum Gasteiger partial charge on any atom is 0.251 e. The molecule has 0 heterocycles. The second kappa shape index (κ2) is 19.6. The van der Waals surface area contributed by atoms with E-state index in [0.717, 1.165) is 0 Å². The normalized spacial score (nSPS) is 17.3. The van der Waals surface area contributed by atoms with Crippen LogP contribution in [0.5, 0.6) is 0 Å². The van der Waals surface area contributed by atoms with E-state index >= 15 is 0 Å². The van der Waals surface area contributed by atoms with Crippen molar-refractivity contribution in [3.63, 3.8) is 0 Å². The van der Waals surface area contributed by atoms with Gasteiger partial charge in [-0.3, -0.25) is 24.1 Å². The van der Waals surface area contributed by atoms with Crippen molar-refractivity contribution in [1.82, 2.24) is 15.5 Å². The number of hydrogen-bond acceptors (Lipinski definition) is 16. The molecule has 3 rings (SSSR count). The summed E-state index contributed by atoms with van der Waals surface area (Å²) < 4.78 is 0. The third kappa shape index (κ3) is 10.6. The summed E-state index contributed by atoms with van der Waals surface area (Å²) in [5.41, 5.74) is 1.49. The second-order valence-corrected chi connectivity index (χ2v) is 12.0. The Kier molecular flexibility index (Phi) is 16.0. The highest BCUT2D eigenvalue weighted by molar-refractivity contribution is 6.30. The third-order valence-corrected chi connectivity index (χ3v) is 8.42. The van der Waals surface area contributed by atoms with Gasteiger partial charge in [0.25, 0.3) is 11.8 Å². The van der Waals surface area contributed by atoms with Crippen LogP contribution in [0.1, 0.15) is 38.3 Å². The van der Waals surface area contributed by atoms with Crippen molar-refractivity contribution in [2.45, 2.75) is 55.3 Å². The van der Waals surface area contributed by atoms with Crippen molar-refractivity contribution in [1.29, 1.82) is 0 Å². The molecular weight excluding hydrogens is 676 g/mol. The van der Waals surface area contributed by atoms with Crippen molar-refractivity contribution in [3.05, 3.63) is 64.7 Å². The van der Waals surface area contributed by atoms with E-state index in [9.17, 15) is 60.0 Å². The molecule has 1 aliphatic carbocycles. The van der Waals surface area contributed by atoms with E-state index in [1.807, 2.05) is 0 Å². The van der Waals surface area contributed by atoms with Gasteiger partial charge < -0.3 is 67.0 Å². The number of anilines is 1. The van der Waals surface area contributed by atoms with Gasteiger partial charge in [0, 0.05) is 55.1 Å². The zero-order valence-corrected chi connectivity index (χ0v) is 27.6. The third-order valence-electron chi connectivity index (χ3n) is 8.42. The topological polar surface area (TPSA) is 310 Å². The molecule has 13 N–H and O–H groups in total. The number of aliphatic hydroxyl groups is 10.